The maximum atomic E-state index is 4.15. The molecule has 0 amide bonds. The zero-order valence-electron chi connectivity index (χ0n) is 10.9. The summed E-state index contributed by atoms with van der Waals surface area (Å²) in [6, 6.07) is 0. The molecule has 0 nitrogen and oxygen atoms in total. The zero-order valence-corrected chi connectivity index (χ0v) is 13.7. The SMILES string of the molecule is [CH2-]CC1[CH-]CCC2C3CCCCC3=CCC12.[Y]. The van der Waals surface area contributed by atoms with Gasteiger partial charge in [0.05, 0.1) is 0 Å². The molecule has 1 radical (unpaired) electrons. The summed E-state index contributed by atoms with van der Waals surface area (Å²) in [7, 11) is 0. The standard InChI is InChI=1S/C16H24.Y/c1-2-12-7-5-9-16-14-8-4-3-6-13(14)10-11-15(12)16;/h7,10,12,14-16H,1-6,8-9,11H2;/q-2;. The van der Waals surface area contributed by atoms with E-state index in [1.165, 1.54) is 44.9 Å². The van der Waals surface area contributed by atoms with Gasteiger partial charge in [-0.3, -0.25) is 0 Å². The van der Waals surface area contributed by atoms with Gasteiger partial charge in [0.2, 0.25) is 0 Å². The van der Waals surface area contributed by atoms with Gasteiger partial charge in [0.25, 0.3) is 0 Å². The molecule has 17 heavy (non-hydrogen) atoms. The predicted octanol–water partition coefficient (Wildman–Crippen LogP) is 4.58. The van der Waals surface area contributed by atoms with E-state index < -0.39 is 0 Å². The van der Waals surface area contributed by atoms with E-state index in [4.69, 9.17) is 0 Å². The predicted molar refractivity (Wildman–Crippen MR) is 68.6 cm³/mol. The van der Waals surface area contributed by atoms with Gasteiger partial charge in [0, 0.05) is 32.7 Å². The summed E-state index contributed by atoms with van der Waals surface area (Å²) in [5, 5.41) is 0. The van der Waals surface area contributed by atoms with Gasteiger partial charge in [-0.15, -0.1) is 0 Å². The molecule has 0 aromatic rings. The molecule has 0 heterocycles. The minimum atomic E-state index is 0. The molecule has 4 atom stereocenters. The fraction of sp³-hybridized carbons (Fsp3) is 0.750. The first kappa shape index (κ1) is 14.3. The molecule has 0 spiro atoms. The van der Waals surface area contributed by atoms with Crippen LogP contribution in [0, 0.1) is 37.0 Å². The van der Waals surface area contributed by atoms with E-state index in [-0.39, 0.29) is 32.7 Å². The van der Waals surface area contributed by atoms with Crippen molar-refractivity contribution in [1.29, 1.82) is 0 Å². The average Bonchev–Trinajstić information content (AvgIpc) is 2.37. The van der Waals surface area contributed by atoms with Gasteiger partial charge in [-0.2, -0.15) is 12.3 Å². The second kappa shape index (κ2) is 6.33. The van der Waals surface area contributed by atoms with Gasteiger partial charge in [-0.25, -0.2) is 6.42 Å². The number of hydrogen-bond donors (Lipinski definition) is 0. The second-order valence-corrected chi connectivity index (χ2v) is 5.96. The molecule has 2 saturated carbocycles. The van der Waals surface area contributed by atoms with Crippen LogP contribution in [0.15, 0.2) is 11.6 Å². The van der Waals surface area contributed by atoms with E-state index in [0.717, 1.165) is 30.1 Å². The molecule has 3 aliphatic carbocycles. The average molecular weight is 305 g/mol. The van der Waals surface area contributed by atoms with Crippen molar-refractivity contribution in [3.8, 4) is 0 Å². The third kappa shape index (κ3) is 2.73. The minimum absolute atomic E-state index is 0. The van der Waals surface area contributed by atoms with Crippen molar-refractivity contribution in [1.82, 2.24) is 0 Å². The summed E-state index contributed by atoms with van der Waals surface area (Å²) in [5.74, 6) is 3.74. The topological polar surface area (TPSA) is 0 Å². The Balaban J connectivity index is 0.00000108. The van der Waals surface area contributed by atoms with Gasteiger partial charge >= 0.3 is 0 Å². The molecule has 0 aromatic heterocycles. The molecule has 4 unspecified atom stereocenters. The van der Waals surface area contributed by atoms with E-state index in [9.17, 15) is 0 Å². The largest absolute Gasteiger partial charge is 0.345 e. The minimum Gasteiger partial charge on any atom is -0.345 e. The van der Waals surface area contributed by atoms with Crippen LogP contribution in [0.25, 0.3) is 0 Å². The van der Waals surface area contributed by atoms with E-state index >= 15 is 0 Å². The molecular weight excluding hydrogens is 281 g/mol. The molecule has 1 heteroatoms. The number of fused-ring (bicyclic) bond motifs is 3. The van der Waals surface area contributed by atoms with Crippen molar-refractivity contribution in [2.24, 2.45) is 23.7 Å². The van der Waals surface area contributed by atoms with Gasteiger partial charge in [0.15, 0.2) is 0 Å². The molecule has 2 fully saturated rings. The van der Waals surface area contributed by atoms with Crippen LogP contribution in [-0.4, -0.2) is 0 Å². The molecule has 0 saturated heterocycles. The van der Waals surface area contributed by atoms with E-state index in [0.29, 0.717) is 0 Å². The van der Waals surface area contributed by atoms with E-state index in [1.807, 2.05) is 5.57 Å². The first-order chi connectivity index (χ1) is 7.90. The summed E-state index contributed by atoms with van der Waals surface area (Å²) in [6.45, 7) is 4.15. The van der Waals surface area contributed by atoms with Crippen LogP contribution in [-0.2, 0) is 32.7 Å². The zero-order chi connectivity index (χ0) is 11.0. The Kier molecular flexibility index (Phi) is 5.31. The molecule has 0 aromatic carbocycles. The molecule has 93 valence electrons. The van der Waals surface area contributed by atoms with Crippen LogP contribution < -0.4 is 0 Å². The number of hydrogen-bond acceptors (Lipinski definition) is 0. The fourth-order valence-corrected chi connectivity index (χ4v) is 4.48. The fourth-order valence-electron chi connectivity index (χ4n) is 4.48. The van der Waals surface area contributed by atoms with Crippen LogP contribution in [0.5, 0.6) is 0 Å². The quantitative estimate of drug-likeness (QED) is 0.491. The van der Waals surface area contributed by atoms with Crippen LogP contribution in [0.2, 0.25) is 0 Å². The van der Waals surface area contributed by atoms with Crippen LogP contribution >= 0.6 is 0 Å². The molecule has 0 N–H and O–H groups in total. The summed E-state index contributed by atoms with van der Waals surface area (Å²) in [5.41, 5.74) is 1.83. The number of rotatable bonds is 1. The van der Waals surface area contributed by atoms with Crippen LogP contribution in [0.3, 0.4) is 0 Å². The Hall–Kier alpha value is 0.844. The Morgan fingerprint density at radius 3 is 2.94 bits per heavy atom. The van der Waals surface area contributed by atoms with E-state index in [2.05, 4.69) is 19.4 Å². The molecule has 0 bridgehead atoms. The van der Waals surface area contributed by atoms with Crippen LogP contribution in [0.4, 0.5) is 0 Å². The smallest absolute Gasteiger partial charge is 0 e. The first-order valence-electron chi connectivity index (χ1n) is 7.21. The molecule has 3 rings (SSSR count). The van der Waals surface area contributed by atoms with Gasteiger partial charge in [-0.05, 0) is 37.5 Å². The Bertz CT molecular complexity index is 281. The number of allylic oxidation sites excluding steroid dienone is 2. The summed E-state index contributed by atoms with van der Waals surface area (Å²) >= 11 is 0. The van der Waals surface area contributed by atoms with Gasteiger partial charge in [0.1, 0.15) is 0 Å². The molecule has 3 aliphatic rings. The van der Waals surface area contributed by atoms with Crippen LogP contribution in [0.1, 0.15) is 51.4 Å². The van der Waals surface area contributed by atoms with Crippen molar-refractivity contribution in [2.45, 2.75) is 51.4 Å². The second-order valence-electron chi connectivity index (χ2n) is 5.96. The van der Waals surface area contributed by atoms with Crippen molar-refractivity contribution in [3.05, 3.63) is 25.0 Å². The van der Waals surface area contributed by atoms with Crippen molar-refractivity contribution < 1.29 is 32.7 Å². The molecule has 0 aliphatic heterocycles. The van der Waals surface area contributed by atoms with Gasteiger partial charge in [-0.1, -0.05) is 30.4 Å². The van der Waals surface area contributed by atoms with Gasteiger partial charge < -0.3 is 13.3 Å². The molecular formula is C16H24Y-2. The van der Waals surface area contributed by atoms with Crippen molar-refractivity contribution in [2.75, 3.05) is 0 Å². The Labute approximate surface area is 132 Å². The third-order valence-corrected chi connectivity index (χ3v) is 5.28. The summed E-state index contributed by atoms with van der Waals surface area (Å²) in [4.78, 5) is 0. The maximum absolute atomic E-state index is 4.15. The monoisotopic (exact) mass is 305 g/mol. The Morgan fingerprint density at radius 2 is 2.12 bits per heavy atom. The summed E-state index contributed by atoms with van der Waals surface area (Å²) in [6.07, 6.45) is 16.3. The third-order valence-electron chi connectivity index (χ3n) is 5.28. The maximum Gasteiger partial charge on any atom is 0 e. The van der Waals surface area contributed by atoms with E-state index in [1.54, 1.807) is 0 Å². The van der Waals surface area contributed by atoms with Crippen molar-refractivity contribution in [3.63, 3.8) is 0 Å². The first-order valence-corrected chi connectivity index (χ1v) is 7.21. The normalized spacial score (nSPS) is 40.6. The Morgan fingerprint density at radius 1 is 1.24 bits per heavy atom. The summed E-state index contributed by atoms with van der Waals surface area (Å²) < 4.78 is 0. The van der Waals surface area contributed by atoms with Crippen molar-refractivity contribution >= 4 is 0 Å².